The molecule has 0 unspecified atom stereocenters. The third-order valence-electron chi connectivity index (χ3n) is 5.48. The van der Waals surface area contributed by atoms with E-state index in [2.05, 4.69) is 15.2 Å². The maximum absolute atomic E-state index is 14.2. The van der Waals surface area contributed by atoms with Crippen LogP contribution in [0.1, 0.15) is 29.8 Å². The van der Waals surface area contributed by atoms with E-state index in [-0.39, 0.29) is 17.8 Å². The monoisotopic (exact) mass is 433 g/mol. The van der Waals surface area contributed by atoms with E-state index in [0.29, 0.717) is 49.1 Å². The molecular formula is C25H28FN5O. The zero-order chi connectivity index (χ0) is 22.7. The fourth-order valence-electron chi connectivity index (χ4n) is 3.90. The molecular weight excluding hydrogens is 405 g/mol. The van der Waals surface area contributed by atoms with Gasteiger partial charge in [0.1, 0.15) is 17.2 Å². The number of aryl methyl sites for hydroxylation is 1. The van der Waals surface area contributed by atoms with Crippen molar-refractivity contribution in [3.05, 3.63) is 71.7 Å². The van der Waals surface area contributed by atoms with E-state index < -0.39 is 0 Å². The summed E-state index contributed by atoms with van der Waals surface area (Å²) in [5.74, 6) is 0.785. The van der Waals surface area contributed by atoms with Gasteiger partial charge in [-0.3, -0.25) is 4.79 Å². The number of carbonyl (C=O) groups is 1. The number of carbonyl (C=O) groups excluding carboxylic acids is 1. The number of rotatable bonds is 5. The Morgan fingerprint density at radius 1 is 1.03 bits per heavy atom. The molecule has 1 amide bonds. The third kappa shape index (κ3) is 4.72. The van der Waals surface area contributed by atoms with Gasteiger partial charge in [-0.25, -0.2) is 14.4 Å². The minimum absolute atomic E-state index is 0.00435. The number of hydrogen-bond acceptors (Lipinski definition) is 5. The Labute approximate surface area is 188 Å². The second-order valence-corrected chi connectivity index (χ2v) is 8.35. The zero-order valence-electron chi connectivity index (χ0n) is 18.7. The summed E-state index contributed by atoms with van der Waals surface area (Å²) in [6, 6.07) is 14.8. The van der Waals surface area contributed by atoms with Crippen LogP contribution in [0, 0.1) is 12.7 Å². The summed E-state index contributed by atoms with van der Waals surface area (Å²) in [5.41, 5.74) is 3.09. The van der Waals surface area contributed by atoms with E-state index in [1.807, 2.05) is 56.0 Å². The lowest BCUT2D eigenvalue weighted by atomic mass is 10.1. The summed E-state index contributed by atoms with van der Waals surface area (Å²) < 4.78 is 14.2. The van der Waals surface area contributed by atoms with Gasteiger partial charge in [0.05, 0.1) is 5.69 Å². The van der Waals surface area contributed by atoms with Gasteiger partial charge < -0.3 is 15.1 Å². The number of anilines is 2. The van der Waals surface area contributed by atoms with Gasteiger partial charge in [-0.1, -0.05) is 35.9 Å². The van der Waals surface area contributed by atoms with Crippen molar-refractivity contribution in [3.8, 4) is 11.4 Å². The molecule has 0 spiro atoms. The van der Waals surface area contributed by atoms with Crippen LogP contribution in [-0.4, -0.2) is 48.1 Å². The van der Waals surface area contributed by atoms with Crippen molar-refractivity contribution < 1.29 is 9.18 Å². The van der Waals surface area contributed by atoms with Crippen LogP contribution in [0.2, 0.25) is 0 Å². The molecule has 166 valence electrons. The van der Waals surface area contributed by atoms with Crippen molar-refractivity contribution in [1.29, 1.82) is 0 Å². The Morgan fingerprint density at radius 3 is 2.44 bits per heavy atom. The van der Waals surface area contributed by atoms with Crippen molar-refractivity contribution in [2.75, 3.05) is 36.0 Å². The first kappa shape index (κ1) is 21.7. The maximum Gasteiger partial charge on any atom is 0.256 e. The van der Waals surface area contributed by atoms with Gasteiger partial charge in [0, 0.05) is 44.0 Å². The molecule has 4 rings (SSSR count). The molecule has 1 aliphatic rings. The molecule has 2 heterocycles. The standard InChI is InChI=1S/C25H28FN5O/c1-17(2)28-25(32)20-16-27-23(19-8-6-7-18(3)15-19)29-24(20)31-13-11-30(12-14-31)22-10-5-4-9-21(22)26/h4-10,15-17H,11-14H2,1-3H3,(H,28,32). The van der Waals surface area contributed by atoms with Crippen molar-refractivity contribution in [3.63, 3.8) is 0 Å². The first-order chi connectivity index (χ1) is 15.4. The molecule has 1 aromatic heterocycles. The van der Waals surface area contributed by atoms with Gasteiger partial charge in [-0.05, 0) is 39.0 Å². The summed E-state index contributed by atoms with van der Waals surface area (Å²) in [6.07, 6.45) is 1.61. The molecule has 7 heteroatoms. The number of para-hydroxylation sites is 1. The SMILES string of the molecule is Cc1cccc(-c2ncc(C(=O)NC(C)C)c(N3CCN(c4ccccc4F)CC3)n2)c1. The lowest BCUT2D eigenvalue weighted by molar-refractivity contribution is 0.0943. The van der Waals surface area contributed by atoms with Crippen molar-refractivity contribution in [2.24, 2.45) is 0 Å². The number of aromatic nitrogens is 2. The van der Waals surface area contributed by atoms with Crippen LogP contribution in [0.25, 0.3) is 11.4 Å². The Balaban J connectivity index is 1.64. The predicted molar refractivity (Wildman–Crippen MR) is 126 cm³/mol. The predicted octanol–water partition coefficient (Wildman–Crippen LogP) is 4.06. The highest BCUT2D eigenvalue weighted by atomic mass is 19.1. The Morgan fingerprint density at radius 2 is 1.75 bits per heavy atom. The lowest BCUT2D eigenvalue weighted by Gasteiger charge is -2.37. The van der Waals surface area contributed by atoms with Gasteiger partial charge in [0.15, 0.2) is 5.82 Å². The van der Waals surface area contributed by atoms with Crippen LogP contribution in [0.5, 0.6) is 0 Å². The van der Waals surface area contributed by atoms with Crippen LogP contribution < -0.4 is 15.1 Å². The molecule has 32 heavy (non-hydrogen) atoms. The summed E-state index contributed by atoms with van der Waals surface area (Å²) in [6.45, 7) is 8.39. The molecule has 1 fully saturated rings. The Hall–Kier alpha value is -3.48. The first-order valence-corrected chi connectivity index (χ1v) is 10.9. The molecule has 3 aromatic rings. The molecule has 2 aromatic carbocycles. The lowest BCUT2D eigenvalue weighted by Crippen LogP contribution is -2.48. The summed E-state index contributed by atoms with van der Waals surface area (Å²) >= 11 is 0. The van der Waals surface area contributed by atoms with E-state index in [1.54, 1.807) is 18.3 Å². The number of nitrogens with one attached hydrogen (secondary N) is 1. The number of nitrogens with zero attached hydrogens (tertiary/aromatic N) is 4. The van der Waals surface area contributed by atoms with Gasteiger partial charge in [0.2, 0.25) is 0 Å². The van der Waals surface area contributed by atoms with Gasteiger partial charge in [0.25, 0.3) is 5.91 Å². The molecule has 6 nitrogen and oxygen atoms in total. The van der Waals surface area contributed by atoms with Gasteiger partial charge >= 0.3 is 0 Å². The summed E-state index contributed by atoms with van der Waals surface area (Å²) in [5, 5.41) is 2.94. The Kier molecular flexibility index (Phi) is 6.35. The topological polar surface area (TPSA) is 61.4 Å². The van der Waals surface area contributed by atoms with Gasteiger partial charge in [-0.2, -0.15) is 0 Å². The van der Waals surface area contributed by atoms with E-state index in [0.717, 1.165) is 11.1 Å². The summed E-state index contributed by atoms with van der Waals surface area (Å²) in [7, 11) is 0. The number of piperazine rings is 1. The quantitative estimate of drug-likeness (QED) is 0.658. The van der Waals surface area contributed by atoms with E-state index in [9.17, 15) is 9.18 Å². The number of benzene rings is 2. The van der Waals surface area contributed by atoms with Crippen LogP contribution in [-0.2, 0) is 0 Å². The van der Waals surface area contributed by atoms with Crippen molar-refractivity contribution in [2.45, 2.75) is 26.8 Å². The fraction of sp³-hybridized carbons (Fsp3) is 0.320. The average molecular weight is 434 g/mol. The molecule has 0 atom stereocenters. The van der Waals surface area contributed by atoms with Crippen LogP contribution in [0.4, 0.5) is 15.9 Å². The average Bonchev–Trinajstić information content (AvgIpc) is 2.79. The van der Waals surface area contributed by atoms with Crippen molar-refractivity contribution in [1.82, 2.24) is 15.3 Å². The van der Waals surface area contributed by atoms with E-state index >= 15 is 0 Å². The van der Waals surface area contributed by atoms with E-state index in [1.165, 1.54) is 6.07 Å². The van der Waals surface area contributed by atoms with Crippen LogP contribution >= 0.6 is 0 Å². The molecule has 0 radical (unpaired) electrons. The maximum atomic E-state index is 14.2. The number of halogens is 1. The smallest absolute Gasteiger partial charge is 0.256 e. The zero-order valence-corrected chi connectivity index (χ0v) is 18.7. The normalized spacial score (nSPS) is 14.0. The summed E-state index contributed by atoms with van der Waals surface area (Å²) in [4.78, 5) is 26.3. The molecule has 0 saturated carbocycles. The second-order valence-electron chi connectivity index (χ2n) is 8.35. The third-order valence-corrected chi connectivity index (χ3v) is 5.48. The van der Waals surface area contributed by atoms with Gasteiger partial charge in [-0.15, -0.1) is 0 Å². The van der Waals surface area contributed by atoms with Crippen molar-refractivity contribution >= 4 is 17.4 Å². The minimum atomic E-state index is -0.221. The molecule has 1 saturated heterocycles. The second kappa shape index (κ2) is 9.34. The Bertz CT molecular complexity index is 1110. The fourth-order valence-corrected chi connectivity index (χ4v) is 3.90. The highest BCUT2D eigenvalue weighted by Gasteiger charge is 2.25. The van der Waals surface area contributed by atoms with Crippen LogP contribution in [0.15, 0.2) is 54.7 Å². The molecule has 0 aliphatic carbocycles. The molecule has 0 bridgehead atoms. The first-order valence-electron chi connectivity index (χ1n) is 10.9. The highest BCUT2D eigenvalue weighted by molar-refractivity contribution is 5.99. The number of hydrogen-bond donors (Lipinski definition) is 1. The highest BCUT2D eigenvalue weighted by Crippen LogP contribution is 2.26. The largest absolute Gasteiger partial charge is 0.366 e. The molecule has 1 N–H and O–H groups in total. The van der Waals surface area contributed by atoms with E-state index in [4.69, 9.17) is 4.98 Å². The molecule has 1 aliphatic heterocycles. The number of amides is 1. The minimum Gasteiger partial charge on any atom is -0.366 e. The van der Waals surface area contributed by atoms with Crippen LogP contribution in [0.3, 0.4) is 0 Å².